The second kappa shape index (κ2) is 7.95. The van der Waals surface area contributed by atoms with Gasteiger partial charge < -0.3 is 15.6 Å². The molecule has 27 heavy (non-hydrogen) atoms. The van der Waals surface area contributed by atoms with Gasteiger partial charge in [0.1, 0.15) is 23.6 Å². The zero-order valence-electron chi connectivity index (χ0n) is 15.6. The number of nitrogens with one attached hydrogen (secondary N) is 1. The first-order valence-electron chi connectivity index (χ1n) is 9.60. The highest BCUT2D eigenvalue weighted by Crippen LogP contribution is 2.37. The summed E-state index contributed by atoms with van der Waals surface area (Å²) in [6, 6.07) is 2.40. The molecule has 3 rings (SSSR count). The Morgan fingerprint density at radius 1 is 1.37 bits per heavy atom. The van der Waals surface area contributed by atoms with Crippen molar-refractivity contribution in [3.05, 3.63) is 28.2 Å². The van der Waals surface area contributed by atoms with Gasteiger partial charge in [0.05, 0.1) is 6.07 Å². The summed E-state index contributed by atoms with van der Waals surface area (Å²) in [5.74, 6) is 0.0625. The number of rotatable bonds is 7. The van der Waals surface area contributed by atoms with Crippen LogP contribution in [0.3, 0.4) is 0 Å². The van der Waals surface area contributed by atoms with E-state index >= 15 is 0 Å². The molecule has 144 valence electrons. The van der Waals surface area contributed by atoms with Gasteiger partial charge in [-0.1, -0.05) is 12.8 Å². The summed E-state index contributed by atoms with van der Waals surface area (Å²) in [6.45, 7) is 1.75. The third-order valence-corrected chi connectivity index (χ3v) is 5.69. The Hall–Kier alpha value is -2.62. The molecule has 3 N–H and O–H groups in total. The summed E-state index contributed by atoms with van der Waals surface area (Å²) >= 11 is 0. The largest absolute Gasteiger partial charge is 0.394 e. The molecule has 7 heteroatoms. The SMILES string of the molecule is Cc1ccn(C(CC2CC2)C(=O)NC(C#N)CC2CCCC2=O)c(=O)c1N. The summed E-state index contributed by atoms with van der Waals surface area (Å²) < 4.78 is 1.38. The molecule has 0 aromatic carbocycles. The molecular formula is C20H26N4O3. The number of hydrogen-bond donors (Lipinski definition) is 2. The average molecular weight is 370 g/mol. The van der Waals surface area contributed by atoms with Crippen molar-refractivity contribution < 1.29 is 9.59 Å². The number of carbonyl (C=O) groups excluding carboxylic acids is 2. The van der Waals surface area contributed by atoms with E-state index in [-0.39, 0.29) is 28.9 Å². The quantitative estimate of drug-likeness (QED) is 0.759. The second-order valence-corrected chi connectivity index (χ2v) is 7.80. The van der Waals surface area contributed by atoms with Gasteiger partial charge in [-0.15, -0.1) is 0 Å². The Balaban J connectivity index is 1.77. The van der Waals surface area contributed by atoms with Crippen molar-refractivity contribution in [2.75, 3.05) is 5.73 Å². The van der Waals surface area contributed by atoms with Crippen molar-refractivity contribution in [2.24, 2.45) is 11.8 Å². The summed E-state index contributed by atoms with van der Waals surface area (Å²) in [7, 11) is 0. The Labute approximate surface area is 158 Å². The maximum absolute atomic E-state index is 12.9. The second-order valence-electron chi connectivity index (χ2n) is 7.80. The monoisotopic (exact) mass is 370 g/mol. The fourth-order valence-corrected chi connectivity index (χ4v) is 3.75. The van der Waals surface area contributed by atoms with Crippen LogP contribution in [0.4, 0.5) is 5.69 Å². The number of nitrogen functional groups attached to an aromatic ring is 1. The molecule has 3 unspecified atom stereocenters. The van der Waals surface area contributed by atoms with E-state index in [1.54, 1.807) is 19.2 Å². The van der Waals surface area contributed by atoms with Gasteiger partial charge in [0.2, 0.25) is 5.91 Å². The van der Waals surface area contributed by atoms with Crippen molar-refractivity contribution in [3.8, 4) is 6.07 Å². The summed E-state index contributed by atoms with van der Waals surface area (Å²) in [6.07, 6.45) is 6.74. The first-order valence-corrected chi connectivity index (χ1v) is 9.60. The molecule has 1 heterocycles. The van der Waals surface area contributed by atoms with E-state index in [9.17, 15) is 19.6 Å². The Kier molecular flexibility index (Phi) is 5.64. The van der Waals surface area contributed by atoms with Gasteiger partial charge in [0, 0.05) is 18.5 Å². The van der Waals surface area contributed by atoms with E-state index in [0.717, 1.165) is 25.7 Å². The molecule has 7 nitrogen and oxygen atoms in total. The van der Waals surface area contributed by atoms with Crippen LogP contribution >= 0.6 is 0 Å². The molecule has 3 atom stereocenters. The Morgan fingerprint density at radius 2 is 2.11 bits per heavy atom. The van der Waals surface area contributed by atoms with Crippen LogP contribution in [-0.2, 0) is 9.59 Å². The maximum atomic E-state index is 12.9. The molecule has 1 aromatic heterocycles. The van der Waals surface area contributed by atoms with Gasteiger partial charge >= 0.3 is 0 Å². The number of nitrogens with two attached hydrogens (primary N) is 1. The molecule has 0 saturated heterocycles. The topological polar surface area (TPSA) is 118 Å². The molecule has 2 aliphatic rings. The first kappa shape index (κ1) is 19.2. The molecule has 2 aliphatic carbocycles. The van der Waals surface area contributed by atoms with E-state index in [0.29, 0.717) is 30.7 Å². The van der Waals surface area contributed by atoms with Crippen molar-refractivity contribution >= 4 is 17.4 Å². The lowest BCUT2D eigenvalue weighted by Gasteiger charge is -2.22. The van der Waals surface area contributed by atoms with E-state index in [2.05, 4.69) is 11.4 Å². The van der Waals surface area contributed by atoms with E-state index < -0.39 is 12.1 Å². The van der Waals surface area contributed by atoms with Crippen LogP contribution in [0.2, 0.25) is 0 Å². The minimum atomic E-state index is -0.732. The molecule has 1 aromatic rings. The van der Waals surface area contributed by atoms with Gasteiger partial charge in [-0.25, -0.2) is 0 Å². The lowest BCUT2D eigenvalue weighted by atomic mass is 9.97. The minimum absolute atomic E-state index is 0.138. The number of aromatic nitrogens is 1. The standard InChI is InChI=1S/C20H26N4O3/c1-12-7-8-24(20(27)18(12)22)16(9-13-5-6-13)19(26)23-15(11-21)10-14-3-2-4-17(14)25/h7-8,13-16H,2-6,9-10,22H2,1H3,(H,23,26). The highest BCUT2D eigenvalue weighted by molar-refractivity contribution is 5.83. The van der Waals surface area contributed by atoms with Gasteiger partial charge in [-0.3, -0.25) is 14.4 Å². The third kappa shape index (κ3) is 4.38. The Bertz CT molecular complexity index is 835. The van der Waals surface area contributed by atoms with Crippen LogP contribution in [0.1, 0.15) is 56.6 Å². The normalized spacial score (nSPS) is 21.5. The zero-order valence-corrected chi connectivity index (χ0v) is 15.6. The number of anilines is 1. The average Bonchev–Trinajstić information content (AvgIpc) is 3.39. The number of nitrogens with zero attached hydrogens (tertiary/aromatic N) is 2. The number of carbonyl (C=O) groups is 2. The Morgan fingerprint density at radius 3 is 2.70 bits per heavy atom. The fraction of sp³-hybridized carbons (Fsp3) is 0.600. The predicted octanol–water partition coefficient (Wildman–Crippen LogP) is 1.85. The first-order chi connectivity index (χ1) is 12.9. The maximum Gasteiger partial charge on any atom is 0.274 e. The predicted molar refractivity (Wildman–Crippen MR) is 101 cm³/mol. The van der Waals surface area contributed by atoms with Crippen molar-refractivity contribution in [1.82, 2.24) is 9.88 Å². The molecule has 2 saturated carbocycles. The number of nitriles is 1. The van der Waals surface area contributed by atoms with Gasteiger partial charge in [0.25, 0.3) is 5.56 Å². The summed E-state index contributed by atoms with van der Waals surface area (Å²) in [5, 5.41) is 12.2. The van der Waals surface area contributed by atoms with E-state index in [4.69, 9.17) is 5.73 Å². The lowest BCUT2D eigenvalue weighted by molar-refractivity contribution is -0.126. The smallest absolute Gasteiger partial charge is 0.274 e. The third-order valence-electron chi connectivity index (χ3n) is 5.69. The molecular weight excluding hydrogens is 344 g/mol. The minimum Gasteiger partial charge on any atom is -0.394 e. The number of pyridine rings is 1. The number of ketones is 1. The van der Waals surface area contributed by atoms with Gasteiger partial charge in [-0.05, 0) is 50.2 Å². The number of amides is 1. The van der Waals surface area contributed by atoms with Crippen molar-refractivity contribution in [3.63, 3.8) is 0 Å². The number of hydrogen-bond acceptors (Lipinski definition) is 5. The van der Waals surface area contributed by atoms with Crippen LogP contribution < -0.4 is 16.6 Å². The van der Waals surface area contributed by atoms with Crippen molar-refractivity contribution in [1.29, 1.82) is 5.26 Å². The van der Waals surface area contributed by atoms with Crippen molar-refractivity contribution in [2.45, 2.75) is 64.0 Å². The molecule has 1 amide bonds. The van der Waals surface area contributed by atoms with Gasteiger partial charge in [-0.2, -0.15) is 5.26 Å². The van der Waals surface area contributed by atoms with Crippen LogP contribution in [-0.4, -0.2) is 22.3 Å². The summed E-state index contributed by atoms with van der Waals surface area (Å²) in [4.78, 5) is 37.3. The lowest BCUT2D eigenvalue weighted by Crippen LogP contribution is -2.43. The van der Waals surface area contributed by atoms with E-state index in [1.807, 2.05) is 0 Å². The van der Waals surface area contributed by atoms with Gasteiger partial charge in [0.15, 0.2) is 0 Å². The molecule has 2 fully saturated rings. The summed E-state index contributed by atoms with van der Waals surface area (Å²) in [5.41, 5.74) is 6.30. The highest BCUT2D eigenvalue weighted by atomic mass is 16.2. The van der Waals surface area contributed by atoms with Crippen LogP contribution in [0, 0.1) is 30.1 Å². The van der Waals surface area contributed by atoms with Crippen LogP contribution in [0.15, 0.2) is 17.1 Å². The number of Topliss-reactive ketones (excluding diaryl/α,β-unsaturated/α-hetero) is 1. The number of aryl methyl sites for hydroxylation is 1. The van der Waals surface area contributed by atoms with E-state index in [1.165, 1.54) is 4.57 Å². The molecule has 0 bridgehead atoms. The molecule has 0 aliphatic heterocycles. The van der Waals surface area contributed by atoms with Crippen LogP contribution in [0.5, 0.6) is 0 Å². The molecule has 0 radical (unpaired) electrons. The molecule has 0 spiro atoms. The zero-order chi connectivity index (χ0) is 19.6. The fourth-order valence-electron chi connectivity index (χ4n) is 3.75. The van der Waals surface area contributed by atoms with Crippen LogP contribution in [0.25, 0.3) is 0 Å². The highest BCUT2D eigenvalue weighted by Gasteiger charge is 2.33.